The van der Waals surface area contributed by atoms with Gasteiger partial charge in [0.2, 0.25) is 0 Å². The number of piperidine rings is 1. The van der Waals surface area contributed by atoms with Crippen LogP contribution in [0.15, 0.2) is 18.2 Å². The number of unbranched alkanes of at least 4 members (excludes halogenated alkanes) is 1. The van der Waals surface area contributed by atoms with Gasteiger partial charge in [0.1, 0.15) is 0 Å². The Hall–Kier alpha value is -1.46. The molecule has 0 aromatic heterocycles. The number of amides is 1. The fourth-order valence-electron chi connectivity index (χ4n) is 3.24. The fraction of sp³-hybridized carbons (Fsp3) is 0.650. The quantitative estimate of drug-likeness (QED) is 0.658. The maximum absolute atomic E-state index is 12.9. The van der Waals surface area contributed by atoms with Gasteiger partial charge in [0.15, 0.2) is 11.5 Å². The SMILES string of the molecule is CCCCOc1ccc(C(=O)N2CCCC(CNC)C2)cc1OCC.Cl. The lowest BCUT2D eigenvalue weighted by Gasteiger charge is -2.33. The minimum atomic E-state index is 0. The summed E-state index contributed by atoms with van der Waals surface area (Å²) in [6.45, 7) is 7.90. The molecule has 1 saturated heterocycles. The molecule has 1 amide bonds. The molecule has 2 rings (SSSR count). The maximum atomic E-state index is 12.9. The lowest BCUT2D eigenvalue weighted by Crippen LogP contribution is -2.42. The molecule has 1 unspecified atom stereocenters. The van der Waals surface area contributed by atoms with Crippen LogP contribution in [0.1, 0.15) is 49.9 Å². The van der Waals surface area contributed by atoms with E-state index >= 15 is 0 Å². The first-order valence-corrected chi connectivity index (χ1v) is 9.53. The minimum absolute atomic E-state index is 0. The zero-order valence-electron chi connectivity index (χ0n) is 16.3. The summed E-state index contributed by atoms with van der Waals surface area (Å²) in [5, 5.41) is 3.22. The Balaban J connectivity index is 0.00000338. The third kappa shape index (κ3) is 6.36. The van der Waals surface area contributed by atoms with Crippen LogP contribution in [0.4, 0.5) is 0 Å². The van der Waals surface area contributed by atoms with Gasteiger partial charge in [-0.2, -0.15) is 0 Å². The molecule has 1 atom stereocenters. The van der Waals surface area contributed by atoms with Gasteiger partial charge >= 0.3 is 0 Å². The van der Waals surface area contributed by atoms with Crippen LogP contribution < -0.4 is 14.8 Å². The number of rotatable bonds is 9. The first-order chi connectivity index (χ1) is 12.2. The average molecular weight is 385 g/mol. The van der Waals surface area contributed by atoms with Crippen LogP contribution in [0.2, 0.25) is 0 Å². The van der Waals surface area contributed by atoms with E-state index in [1.54, 1.807) is 0 Å². The van der Waals surface area contributed by atoms with E-state index in [1.807, 2.05) is 37.1 Å². The van der Waals surface area contributed by atoms with Gasteiger partial charge in [-0.1, -0.05) is 13.3 Å². The molecule has 1 N–H and O–H groups in total. The van der Waals surface area contributed by atoms with Crippen LogP contribution >= 0.6 is 12.4 Å². The van der Waals surface area contributed by atoms with Crippen molar-refractivity contribution in [3.63, 3.8) is 0 Å². The van der Waals surface area contributed by atoms with E-state index in [2.05, 4.69) is 12.2 Å². The molecule has 1 aromatic carbocycles. The van der Waals surface area contributed by atoms with Gasteiger partial charge < -0.3 is 19.7 Å². The van der Waals surface area contributed by atoms with Gasteiger partial charge in [0.25, 0.3) is 5.91 Å². The van der Waals surface area contributed by atoms with Crippen molar-refractivity contribution in [1.82, 2.24) is 10.2 Å². The molecular weight excluding hydrogens is 352 g/mol. The number of carbonyl (C=O) groups is 1. The van der Waals surface area contributed by atoms with E-state index in [0.29, 0.717) is 30.4 Å². The third-order valence-corrected chi connectivity index (χ3v) is 4.54. The predicted octanol–water partition coefficient (Wildman–Crippen LogP) is 3.76. The lowest BCUT2D eigenvalue weighted by atomic mass is 9.97. The standard InChI is InChI=1S/C20H32N2O3.ClH/c1-4-6-12-25-18-10-9-17(13-19(18)24-5-2)20(23)22-11-7-8-16(15-22)14-21-3;/h9-10,13,16,21H,4-8,11-12,14-15H2,1-3H3;1H. The van der Waals surface area contributed by atoms with Crippen molar-refractivity contribution in [2.24, 2.45) is 5.92 Å². The number of hydrogen-bond donors (Lipinski definition) is 1. The number of benzene rings is 1. The van der Waals surface area contributed by atoms with Gasteiger partial charge in [0, 0.05) is 18.7 Å². The Labute approximate surface area is 163 Å². The molecule has 26 heavy (non-hydrogen) atoms. The molecule has 0 saturated carbocycles. The van der Waals surface area contributed by atoms with Crippen LogP contribution in [0.25, 0.3) is 0 Å². The highest BCUT2D eigenvalue weighted by atomic mass is 35.5. The number of likely N-dealkylation sites (tertiary alicyclic amines) is 1. The van der Waals surface area contributed by atoms with Crippen LogP contribution in [0.3, 0.4) is 0 Å². The molecule has 0 bridgehead atoms. The van der Waals surface area contributed by atoms with Crippen LogP contribution in [-0.2, 0) is 0 Å². The normalized spacial score (nSPS) is 16.7. The van der Waals surface area contributed by atoms with Crippen molar-refractivity contribution < 1.29 is 14.3 Å². The van der Waals surface area contributed by atoms with Gasteiger partial charge in [-0.15, -0.1) is 12.4 Å². The van der Waals surface area contributed by atoms with Crippen molar-refractivity contribution in [3.05, 3.63) is 23.8 Å². The van der Waals surface area contributed by atoms with E-state index < -0.39 is 0 Å². The fourth-order valence-corrected chi connectivity index (χ4v) is 3.24. The summed E-state index contributed by atoms with van der Waals surface area (Å²) in [5.41, 5.74) is 0.677. The van der Waals surface area contributed by atoms with E-state index in [0.717, 1.165) is 44.6 Å². The number of halogens is 1. The second-order valence-electron chi connectivity index (χ2n) is 6.61. The predicted molar refractivity (Wildman–Crippen MR) is 108 cm³/mol. The second-order valence-corrected chi connectivity index (χ2v) is 6.61. The summed E-state index contributed by atoms with van der Waals surface area (Å²) in [6, 6.07) is 5.55. The number of nitrogens with zero attached hydrogens (tertiary/aromatic N) is 1. The topological polar surface area (TPSA) is 50.8 Å². The Morgan fingerprint density at radius 3 is 2.77 bits per heavy atom. The molecule has 1 heterocycles. The zero-order chi connectivity index (χ0) is 18.1. The monoisotopic (exact) mass is 384 g/mol. The number of hydrogen-bond acceptors (Lipinski definition) is 4. The first-order valence-electron chi connectivity index (χ1n) is 9.53. The number of ether oxygens (including phenoxy) is 2. The highest BCUT2D eigenvalue weighted by Crippen LogP contribution is 2.30. The highest BCUT2D eigenvalue weighted by Gasteiger charge is 2.24. The highest BCUT2D eigenvalue weighted by molar-refractivity contribution is 5.95. The van der Waals surface area contributed by atoms with Gasteiger partial charge in [-0.05, 0) is 63.9 Å². The van der Waals surface area contributed by atoms with Crippen molar-refractivity contribution in [1.29, 1.82) is 0 Å². The Kier molecular flexibility index (Phi) is 10.4. The van der Waals surface area contributed by atoms with E-state index in [-0.39, 0.29) is 18.3 Å². The number of carbonyl (C=O) groups excluding carboxylic acids is 1. The summed E-state index contributed by atoms with van der Waals surface area (Å²) in [6.07, 6.45) is 4.34. The molecule has 1 aliphatic heterocycles. The Bertz CT molecular complexity index is 552. The summed E-state index contributed by atoms with van der Waals surface area (Å²) < 4.78 is 11.5. The molecule has 5 nitrogen and oxygen atoms in total. The summed E-state index contributed by atoms with van der Waals surface area (Å²) in [4.78, 5) is 14.9. The van der Waals surface area contributed by atoms with Gasteiger partial charge in [0.05, 0.1) is 13.2 Å². The molecule has 0 spiro atoms. The molecular formula is C20H33ClN2O3. The lowest BCUT2D eigenvalue weighted by molar-refractivity contribution is 0.0673. The van der Waals surface area contributed by atoms with E-state index in [1.165, 1.54) is 6.42 Å². The van der Waals surface area contributed by atoms with Crippen LogP contribution in [0, 0.1) is 5.92 Å². The van der Waals surface area contributed by atoms with Gasteiger partial charge in [-0.3, -0.25) is 4.79 Å². The van der Waals surface area contributed by atoms with Crippen LogP contribution in [0.5, 0.6) is 11.5 Å². The zero-order valence-corrected chi connectivity index (χ0v) is 17.1. The van der Waals surface area contributed by atoms with Crippen molar-refractivity contribution in [3.8, 4) is 11.5 Å². The smallest absolute Gasteiger partial charge is 0.254 e. The molecule has 148 valence electrons. The minimum Gasteiger partial charge on any atom is -0.490 e. The Morgan fingerprint density at radius 1 is 1.27 bits per heavy atom. The third-order valence-electron chi connectivity index (χ3n) is 4.54. The van der Waals surface area contributed by atoms with Crippen molar-refractivity contribution >= 4 is 18.3 Å². The molecule has 1 fully saturated rings. The number of nitrogens with one attached hydrogen (secondary N) is 1. The molecule has 0 radical (unpaired) electrons. The molecule has 0 aliphatic carbocycles. The largest absolute Gasteiger partial charge is 0.490 e. The first kappa shape index (κ1) is 22.6. The van der Waals surface area contributed by atoms with E-state index in [4.69, 9.17) is 9.47 Å². The van der Waals surface area contributed by atoms with Crippen molar-refractivity contribution in [2.45, 2.75) is 39.5 Å². The van der Waals surface area contributed by atoms with Crippen molar-refractivity contribution in [2.75, 3.05) is 39.9 Å². The second kappa shape index (κ2) is 12.0. The molecule has 6 heteroatoms. The van der Waals surface area contributed by atoms with E-state index in [9.17, 15) is 4.79 Å². The van der Waals surface area contributed by atoms with Gasteiger partial charge in [-0.25, -0.2) is 0 Å². The summed E-state index contributed by atoms with van der Waals surface area (Å²) in [5.74, 6) is 2.00. The maximum Gasteiger partial charge on any atom is 0.254 e. The molecule has 1 aliphatic rings. The Morgan fingerprint density at radius 2 is 2.08 bits per heavy atom. The summed E-state index contributed by atoms with van der Waals surface area (Å²) in [7, 11) is 1.96. The average Bonchev–Trinajstić information content (AvgIpc) is 2.63. The summed E-state index contributed by atoms with van der Waals surface area (Å²) >= 11 is 0. The molecule has 1 aromatic rings. The van der Waals surface area contributed by atoms with Crippen LogP contribution in [-0.4, -0.2) is 50.7 Å².